The molecule has 1 fully saturated rings. The van der Waals surface area contributed by atoms with E-state index in [1.165, 1.54) is 17.8 Å². The summed E-state index contributed by atoms with van der Waals surface area (Å²) >= 11 is 0. The molecule has 7 heteroatoms. The van der Waals surface area contributed by atoms with Crippen LogP contribution in [0.15, 0.2) is 60.8 Å². The topological polar surface area (TPSA) is 44.3 Å². The van der Waals surface area contributed by atoms with Gasteiger partial charge in [0.25, 0.3) is 0 Å². The summed E-state index contributed by atoms with van der Waals surface area (Å²) in [4.78, 5) is 13.1. The Bertz CT molecular complexity index is 911. The normalized spacial score (nSPS) is 14.3. The van der Waals surface area contributed by atoms with Crippen LogP contribution >= 0.6 is 0 Å². The molecule has 27 heavy (non-hydrogen) atoms. The monoisotopic (exact) mass is 367 g/mol. The van der Waals surface area contributed by atoms with Crippen LogP contribution in [0.5, 0.6) is 0 Å². The summed E-state index contributed by atoms with van der Waals surface area (Å²) in [5, 5.41) is 2.81. The molecule has 0 spiro atoms. The van der Waals surface area contributed by atoms with Gasteiger partial charge in [0, 0.05) is 44.1 Å². The average Bonchev–Trinajstić information content (AvgIpc) is 2.71. The van der Waals surface area contributed by atoms with Crippen molar-refractivity contribution in [1.29, 1.82) is 0 Å². The molecule has 2 heterocycles. The molecular formula is C20H19F2N5. The van der Waals surface area contributed by atoms with E-state index in [2.05, 4.69) is 37.2 Å². The Balaban J connectivity index is 1.44. The Morgan fingerprint density at radius 3 is 2.33 bits per heavy atom. The van der Waals surface area contributed by atoms with Crippen molar-refractivity contribution in [3.05, 3.63) is 72.4 Å². The van der Waals surface area contributed by atoms with Crippen LogP contribution in [0.2, 0.25) is 0 Å². The predicted octanol–water partition coefficient (Wildman–Crippen LogP) is 3.83. The molecule has 138 valence electrons. The minimum absolute atomic E-state index is 0.141. The molecule has 1 aliphatic rings. The first-order valence-corrected chi connectivity index (χ1v) is 8.79. The van der Waals surface area contributed by atoms with Gasteiger partial charge in [-0.15, -0.1) is 0 Å². The van der Waals surface area contributed by atoms with Gasteiger partial charge in [0.05, 0.1) is 5.69 Å². The molecule has 0 amide bonds. The summed E-state index contributed by atoms with van der Waals surface area (Å²) in [5.74, 6) is -0.240. The molecule has 0 radical (unpaired) electrons. The van der Waals surface area contributed by atoms with Gasteiger partial charge in [-0.25, -0.2) is 13.8 Å². The van der Waals surface area contributed by atoms with E-state index in [1.807, 2.05) is 24.3 Å². The second kappa shape index (κ2) is 7.57. The average molecular weight is 367 g/mol. The Labute approximate surface area is 156 Å². The number of aromatic nitrogens is 2. The van der Waals surface area contributed by atoms with Crippen LogP contribution in [-0.4, -0.2) is 36.1 Å². The number of hydrogen-bond acceptors (Lipinski definition) is 5. The fourth-order valence-electron chi connectivity index (χ4n) is 3.13. The van der Waals surface area contributed by atoms with Gasteiger partial charge in [-0.2, -0.15) is 4.98 Å². The van der Waals surface area contributed by atoms with Crippen LogP contribution in [0, 0.1) is 11.6 Å². The smallest absolute Gasteiger partial charge is 0.229 e. The van der Waals surface area contributed by atoms with Gasteiger partial charge < -0.3 is 15.1 Å². The maximum Gasteiger partial charge on any atom is 0.229 e. The van der Waals surface area contributed by atoms with Crippen molar-refractivity contribution in [3.8, 4) is 0 Å². The molecule has 1 N–H and O–H groups in total. The zero-order chi connectivity index (χ0) is 18.6. The minimum atomic E-state index is -0.680. The molecule has 1 aromatic heterocycles. The first-order valence-electron chi connectivity index (χ1n) is 8.79. The fraction of sp³-hybridized carbons (Fsp3) is 0.200. The second-order valence-corrected chi connectivity index (χ2v) is 6.30. The maximum atomic E-state index is 13.8. The van der Waals surface area contributed by atoms with Gasteiger partial charge in [-0.1, -0.05) is 18.2 Å². The number of piperazine rings is 1. The highest BCUT2D eigenvalue weighted by atomic mass is 19.1. The van der Waals surface area contributed by atoms with Crippen molar-refractivity contribution >= 4 is 23.1 Å². The molecule has 3 aromatic rings. The van der Waals surface area contributed by atoms with E-state index in [0.29, 0.717) is 0 Å². The lowest BCUT2D eigenvalue weighted by atomic mass is 10.2. The minimum Gasteiger partial charge on any atom is -0.368 e. The van der Waals surface area contributed by atoms with Crippen molar-refractivity contribution < 1.29 is 8.78 Å². The summed E-state index contributed by atoms with van der Waals surface area (Å²) in [6, 6.07) is 15.5. The van der Waals surface area contributed by atoms with E-state index in [4.69, 9.17) is 0 Å². The van der Waals surface area contributed by atoms with Crippen LogP contribution in [0.1, 0.15) is 0 Å². The van der Waals surface area contributed by atoms with E-state index in [1.54, 1.807) is 6.20 Å². The van der Waals surface area contributed by atoms with Crippen LogP contribution in [0.3, 0.4) is 0 Å². The van der Waals surface area contributed by atoms with Crippen molar-refractivity contribution in [1.82, 2.24) is 9.97 Å². The van der Waals surface area contributed by atoms with Gasteiger partial charge in [0.15, 0.2) is 0 Å². The van der Waals surface area contributed by atoms with Crippen LogP contribution in [0.4, 0.5) is 31.9 Å². The molecular weight excluding hydrogens is 348 g/mol. The lowest BCUT2D eigenvalue weighted by Crippen LogP contribution is -2.46. The lowest BCUT2D eigenvalue weighted by molar-refractivity contribution is 0.586. The SMILES string of the molecule is Fc1ccc(Nc2nccc(N3CCN(c4ccccc4)CC3)n2)c(F)c1. The van der Waals surface area contributed by atoms with Crippen molar-refractivity contribution in [2.24, 2.45) is 0 Å². The number of para-hydroxylation sites is 1. The highest BCUT2D eigenvalue weighted by Gasteiger charge is 2.18. The molecule has 0 atom stereocenters. The standard InChI is InChI=1S/C20H19F2N5/c21-15-6-7-18(17(22)14-15)24-20-23-9-8-19(25-20)27-12-10-26(11-13-27)16-4-2-1-3-5-16/h1-9,14H,10-13H2,(H,23,24,25). The number of nitrogens with one attached hydrogen (secondary N) is 1. The number of rotatable bonds is 4. The summed E-state index contributed by atoms with van der Waals surface area (Å²) < 4.78 is 26.9. The van der Waals surface area contributed by atoms with Crippen LogP contribution < -0.4 is 15.1 Å². The molecule has 5 nitrogen and oxygen atoms in total. The molecule has 0 saturated carbocycles. The van der Waals surface area contributed by atoms with Crippen molar-refractivity contribution in [2.45, 2.75) is 0 Å². The Morgan fingerprint density at radius 1 is 0.852 bits per heavy atom. The quantitative estimate of drug-likeness (QED) is 0.759. The van der Waals surface area contributed by atoms with E-state index < -0.39 is 11.6 Å². The van der Waals surface area contributed by atoms with Crippen molar-refractivity contribution in [3.63, 3.8) is 0 Å². The highest BCUT2D eigenvalue weighted by Crippen LogP contribution is 2.22. The van der Waals surface area contributed by atoms with E-state index in [9.17, 15) is 8.78 Å². The molecule has 1 saturated heterocycles. The zero-order valence-corrected chi connectivity index (χ0v) is 14.6. The van der Waals surface area contributed by atoms with Crippen molar-refractivity contribution in [2.75, 3.05) is 41.3 Å². The van der Waals surface area contributed by atoms with Gasteiger partial charge in [-0.05, 0) is 30.3 Å². The Hall–Kier alpha value is -3.22. The summed E-state index contributed by atoms with van der Waals surface area (Å²) in [6.45, 7) is 3.44. The summed E-state index contributed by atoms with van der Waals surface area (Å²) in [5.41, 5.74) is 1.36. The van der Waals surface area contributed by atoms with Crippen LogP contribution in [0.25, 0.3) is 0 Å². The van der Waals surface area contributed by atoms with E-state index in [-0.39, 0.29) is 11.6 Å². The zero-order valence-electron chi connectivity index (χ0n) is 14.6. The van der Waals surface area contributed by atoms with Crippen LogP contribution in [-0.2, 0) is 0 Å². The number of benzene rings is 2. The first kappa shape index (κ1) is 17.2. The van der Waals surface area contributed by atoms with E-state index in [0.717, 1.165) is 38.1 Å². The largest absolute Gasteiger partial charge is 0.368 e. The van der Waals surface area contributed by atoms with Gasteiger partial charge in [0.2, 0.25) is 5.95 Å². The fourth-order valence-corrected chi connectivity index (χ4v) is 3.13. The third kappa shape index (κ3) is 3.97. The third-order valence-electron chi connectivity index (χ3n) is 4.54. The maximum absolute atomic E-state index is 13.8. The summed E-state index contributed by atoms with van der Waals surface area (Å²) in [7, 11) is 0. The molecule has 0 unspecified atom stereocenters. The van der Waals surface area contributed by atoms with Gasteiger partial charge in [0.1, 0.15) is 17.5 Å². The first-order chi connectivity index (χ1) is 13.2. The number of anilines is 4. The summed E-state index contributed by atoms with van der Waals surface area (Å²) in [6.07, 6.45) is 1.63. The molecule has 0 bridgehead atoms. The number of halogens is 2. The Kier molecular flexibility index (Phi) is 4.82. The van der Waals surface area contributed by atoms with Gasteiger partial charge in [-0.3, -0.25) is 0 Å². The third-order valence-corrected chi connectivity index (χ3v) is 4.54. The number of nitrogens with zero attached hydrogens (tertiary/aromatic N) is 4. The van der Waals surface area contributed by atoms with Gasteiger partial charge >= 0.3 is 0 Å². The number of hydrogen-bond donors (Lipinski definition) is 1. The predicted molar refractivity (Wildman–Crippen MR) is 103 cm³/mol. The molecule has 2 aromatic carbocycles. The second-order valence-electron chi connectivity index (χ2n) is 6.30. The molecule has 4 rings (SSSR count). The van der Waals surface area contributed by atoms with E-state index >= 15 is 0 Å². The molecule has 1 aliphatic heterocycles. The lowest BCUT2D eigenvalue weighted by Gasteiger charge is -2.36. The highest BCUT2D eigenvalue weighted by molar-refractivity contribution is 5.56. The Morgan fingerprint density at radius 2 is 1.59 bits per heavy atom. The molecule has 0 aliphatic carbocycles.